The molecule has 0 bridgehead atoms. The van der Waals surface area contributed by atoms with Gasteiger partial charge in [-0.2, -0.15) is 0 Å². The van der Waals surface area contributed by atoms with Crippen molar-refractivity contribution in [3.05, 3.63) is 0 Å². The molecule has 0 radical (unpaired) electrons. The summed E-state index contributed by atoms with van der Waals surface area (Å²) in [5.41, 5.74) is 0. The zero-order valence-electron chi connectivity index (χ0n) is 16.2. The molecule has 0 unspecified atom stereocenters. The zero-order chi connectivity index (χ0) is 21.9. The van der Waals surface area contributed by atoms with E-state index in [2.05, 4.69) is 0 Å². The van der Waals surface area contributed by atoms with E-state index in [9.17, 15) is 40.5 Å². The fourth-order valence-electron chi connectivity index (χ4n) is 3.19. The second-order valence-electron chi connectivity index (χ2n) is 7.66. The van der Waals surface area contributed by atoms with Gasteiger partial charge in [0.15, 0.2) is 6.29 Å². The van der Waals surface area contributed by atoms with Crippen molar-refractivity contribution in [2.45, 2.75) is 75.1 Å². The number of aliphatic hydroxyl groups is 7. The highest BCUT2D eigenvalue weighted by Crippen LogP contribution is 2.36. The van der Waals surface area contributed by atoms with Crippen LogP contribution in [0.25, 0.3) is 0 Å². The summed E-state index contributed by atoms with van der Waals surface area (Å²) in [5.74, 6) is -2.78. The maximum atomic E-state index is 11.7. The Hall–Kier alpha value is -0.930. The third-order valence-corrected chi connectivity index (χ3v) is 4.87. The summed E-state index contributed by atoms with van der Waals surface area (Å²) in [6.07, 6.45) is -12.8. The van der Waals surface area contributed by atoms with E-state index in [4.69, 9.17) is 18.9 Å². The molecule has 0 aromatic heterocycles. The molecule has 0 spiro atoms. The van der Waals surface area contributed by atoms with Gasteiger partial charge in [-0.05, 0) is 5.92 Å². The second-order valence-corrected chi connectivity index (χ2v) is 7.66. The standard InChI is InChI=1S/C17H30O12/c1-7(2)3-10(20)26-5-9-11(21)13(23)14(24)16(27-9)29-17(6-19)15(25)12(22)8(4-18)28-17/h7-9,11-16,18-19,21-25H,3-6H2,1-2H3/t8-,9+,11+,12-,13+,14+,15-,16+,17-/m0/s1. The predicted octanol–water partition coefficient (Wildman–Crippen LogP) is -3.80. The Labute approximate surface area is 167 Å². The maximum Gasteiger partial charge on any atom is 0.306 e. The Morgan fingerprint density at radius 3 is 2.17 bits per heavy atom. The predicted molar refractivity (Wildman–Crippen MR) is 92.0 cm³/mol. The minimum atomic E-state index is -2.26. The van der Waals surface area contributed by atoms with Crippen molar-refractivity contribution >= 4 is 5.97 Å². The molecule has 12 heteroatoms. The number of carbonyl (C=O) groups excluding carboxylic acids is 1. The quantitative estimate of drug-likeness (QED) is 0.187. The molecule has 2 fully saturated rings. The number of hydrogen-bond donors (Lipinski definition) is 7. The Kier molecular flexibility index (Phi) is 8.32. The molecular weight excluding hydrogens is 396 g/mol. The smallest absolute Gasteiger partial charge is 0.306 e. The molecule has 2 saturated heterocycles. The van der Waals surface area contributed by atoms with E-state index >= 15 is 0 Å². The SMILES string of the molecule is CC(C)CC(=O)OC[C@H]1O[C@H](O[C@]2(CO)O[C@@H](CO)[C@H](O)[C@@H]2O)[C@H](O)[C@H](O)[C@@H]1O. The lowest BCUT2D eigenvalue weighted by Gasteiger charge is -2.43. The van der Waals surface area contributed by atoms with E-state index in [0.717, 1.165) is 0 Å². The third-order valence-electron chi connectivity index (χ3n) is 4.87. The van der Waals surface area contributed by atoms with Crippen molar-refractivity contribution in [2.24, 2.45) is 5.92 Å². The molecule has 0 aliphatic carbocycles. The van der Waals surface area contributed by atoms with E-state index < -0.39 is 80.6 Å². The molecule has 12 nitrogen and oxygen atoms in total. The molecular formula is C17H30O12. The van der Waals surface area contributed by atoms with E-state index in [0.29, 0.717) is 0 Å². The largest absolute Gasteiger partial charge is 0.463 e. The van der Waals surface area contributed by atoms with Crippen LogP contribution in [0.15, 0.2) is 0 Å². The van der Waals surface area contributed by atoms with Crippen molar-refractivity contribution in [3.63, 3.8) is 0 Å². The fraction of sp³-hybridized carbons (Fsp3) is 0.941. The summed E-state index contributed by atoms with van der Waals surface area (Å²) in [6.45, 7) is 1.50. The average Bonchev–Trinajstić information content (AvgIpc) is 2.92. The zero-order valence-corrected chi connectivity index (χ0v) is 16.2. The minimum Gasteiger partial charge on any atom is -0.463 e. The van der Waals surface area contributed by atoms with Crippen LogP contribution in [0, 0.1) is 5.92 Å². The van der Waals surface area contributed by atoms with Crippen LogP contribution >= 0.6 is 0 Å². The number of hydrogen-bond acceptors (Lipinski definition) is 12. The molecule has 0 aromatic carbocycles. The van der Waals surface area contributed by atoms with Gasteiger partial charge in [0.05, 0.1) is 6.61 Å². The third kappa shape index (κ3) is 5.22. The number of rotatable bonds is 8. The lowest BCUT2D eigenvalue weighted by molar-refractivity contribution is -0.383. The first-order chi connectivity index (χ1) is 13.6. The Balaban J connectivity index is 2.09. The van der Waals surface area contributed by atoms with Crippen molar-refractivity contribution < 1.29 is 59.5 Å². The van der Waals surface area contributed by atoms with Gasteiger partial charge in [-0.25, -0.2) is 0 Å². The van der Waals surface area contributed by atoms with Crippen LogP contribution in [0.5, 0.6) is 0 Å². The summed E-state index contributed by atoms with van der Waals surface area (Å²) in [4.78, 5) is 11.7. The van der Waals surface area contributed by atoms with Gasteiger partial charge in [-0.1, -0.05) is 13.8 Å². The first kappa shape index (κ1) is 24.3. The summed E-state index contributed by atoms with van der Waals surface area (Å²) in [5, 5.41) is 69.3. The van der Waals surface area contributed by atoms with Gasteiger partial charge in [-0.3, -0.25) is 4.79 Å². The van der Waals surface area contributed by atoms with Crippen molar-refractivity contribution in [2.75, 3.05) is 19.8 Å². The van der Waals surface area contributed by atoms with Crippen molar-refractivity contribution in [3.8, 4) is 0 Å². The Bertz CT molecular complexity index is 545. The summed E-state index contributed by atoms with van der Waals surface area (Å²) >= 11 is 0. The number of carbonyl (C=O) groups is 1. The first-order valence-corrected chi connectivity index (χ1v) is 9.35. The Morgan fingerprint density at radius 1 is 1.00 bits per heavy atom. The number of esters is 1. The topological polar surface area (TPSA) is 196 Å². The monoisotopic (exact) mass is 426 g/mol. The van der Waals surface area contributed by atoms with Gasteiger partial charge in [0, 0.05) is 6.42 Å². The van der Waals surface area contributed by atoms with Gasteiger partial charge in [0.25, 0.3) is 0 Å². The summed E-state index contributed by atoms with van der Waals surface area (Å²) < 4.78 is 21.0. The van der Waals surface area contributed by atoms with Crippen LogP contribution in [-0.4, -0.2) is 116 Å². The summed E-state index contributed by atoms with van der Waals surface area (Å²) in [6, 6.07) is 0. The first-order valence-electron chi connectivity index (χ1n) is 9.35. The van der Waals surface area contributed by atoms with Gasteiger partial charge in [-0.15, -0.1) is 0 Å². The van der Waals surface area contributed by atoms with Crippen LogP contribution < -0.4 is 0 Å². The maximum absolute atomic E-state index is 11.7. The van der Waals surface area contributed by atoms with E-state index in [-0.39, 0.29) is 12.3 Å². The van der Waals surface area contributed by atoms with Crippen molar-refractivity contribution in [1.82, 2.24) is 0 Å². The van der Waals surface area contributed by atoms with Crippen LogP contribution in [0.3, 0.4) is 0 Å². The molecule has 0 saturated carbocycles. The molecule has 0 amide bonds. The van der Waals surface area contributed by atoms with Crippen LogP contribution in [0.4, 0.5) is 0 Å². The van der Waals surface area contributed by atoms with Crippen LogP contribution in [0.2, 0.25) is 0 Å². The normalized spacial score (nSPS) is 43.0. The van der Waals surface area contributed by atoms with Crippen LogP contribution in [0.1, 0.15) is 20.3 Å². The molecule has 2 aliphatic rings. The molecule has 170 valence electrons. The Morgan fingerprint density at radius 2 is 1.66 bits per heavy atom. The fourth-order valence-corrected chi connectivity index (χ4v) is 3.19. The molecule has 7 N–H and O–H groups in total. The van der Waals surface area contributed by atoms with E-state index in [1.165, 1.54) is 0 Å². The number of ether oxygens (including phenoxy) is 4. The lowest BCUT2D eigenvalue weighted by atomic mass is 9.99. The van der Waals surface area contributed by atoms with Crippen LogP contribution in [-0.2, 0) is 23.7 Å². The highest BCUT2D eigenvalue weighted by molar-refractivity contribution is 5.69. The lowest BCUT2D eigenvalue weighted by Crippen LogP contribution is -2.62. The van der Waals surface area contributed by atoms with Gasteiger partial charge in [0.1, 0.15) is 55.9 Å². The average molecular weight is 426 g/mol. The minimum absolute atomic E-state index is 0.0412. The van der Waals surface area contributed by atoms with E-state index in [1.807, 2.05) is 13.8 Å². The van der Waals surface area contributed by atoms with E-state index in [1.54, 1.807) is 0 Å². The number of aliphatic hydroxyl groups excluding tert-OH is 7. The molecule has 9 atom stereocenters. The highest BCUT2D eigenvalue weighted by atomic mass is 16.8. The van der Waals surface area contributed by atoms with Gasteiger partial charge in [0.2, 0.25) is 5.79 Å². The highest BCUT2D eigenvalue weighted by Gasteiger charge is 2.58. The van der Waals surface area contributed by atoms with Gasteiger partial charge >= 0.3 is 5.97 Å². The molecule has 2 heterocycles. The van der Waals surface area contributed by atoms with Crippen molar-refractivity contribution in [1.29, 1.82) is 0 Å². The summed E-state index contributed by atoms with van der Waals surface area (Å²) in [7, 11) is 0. The molecule has 2 aliphatic heterocycles. The molecule has 0 aromatic rings. The molecule has 2 rings (SSSR count). The second kappa shape index (κ2) is 9.92. The van der Waals surface area contributed by atoms with Gasteiger partial charge < -0.3 is 54.7 Å². The molecule has 29 heavy (non-hydrogen) atoms.